The van der Waals surface area contributed by atoms with E-state index in [1.54, 1.807) is 11.3 Å². The first kappa shape index (κ1) is 18.4. The number of carbonyl (C=O) groups is 1. The van der Waals surface area contributed by atoms with Gasteiger partial charge in [0.05, 0.1) is 12.1 Å². The van der Waals surface area contributed by atoms with E-state index in [1.807, 2.05) is 25.4 Å². The van der Waals surface area contributed by atoms with E-state index in [0.717, 1.165) is 36.6 Å². The molecule has 2 aromatic heterocycles. The Hall–Kier alpha value is -1.35. The van der Waals surface area contributed by atoms with Crippen LogP contribution in [0.4, 0.5) is 5.13 Å². The van der Waals surface area contributed by atoms with Gasteiger partial charge in [0.1, 0.15) is 11.1 Å². The second-order valence-electron chi connectivity index (χ2n) is 6.09. The number of amides is 1. The minimum atomic E-state index is -0.0767. The van der Waals surface area contributed by atoms with E-state index in [-0.39, 0.29) is 18.4 Å². The molecule has 1 amide bonds. The van der Waals surface area contributed by atoms with Crippen molar-refractivity contribution in [2.75, 3.05) is 25.0 Å². The van der Waals surface area contributed by atoms with Crippen LogP contribution in [0.15, 0.2) is 11.6 Å². The van der Waals surface area contributed by atoms with Crippen LogP contribution in [0.25, 0.3) is 0 Å². The van der Waals surface area contributed by atoms with Crippen molar-refractivity contribution in [3.63, 3.8) is 0 Å². The lowest BCUT2D eigenvalue weighted by Gasteiger charge is -2.20. The number of thiazole rings is 2. The van der Waals surface area contributed by atoms with Gasteiger partial charge >= 0.3 is 0 Å². The number of anilines is 1. The summed E-state index contributed by atoms with van der Waals surface area (Å²) in [5, 5.41) is 9.78. The molecule has 6 nitrogen and oxygen atoms in total. The summed E-state index contributed by atoms with van der Waals surface area (Å²) in [5.74, 6) is 0.484. The van der Waals surface area contributed by atoms with Crippen molar-refractivity contribution in [2.45, 2.75) is 45.1 Å². The number of hydrogen-bond donors (Lipinski definition) is 2. The van der Waals surface area contributed by atoms with E-state index in [0.29, 0.717) is 17.7 Å². The second-order valence-corrected chi connectivity index (χ2v) is 8.04. The molecule has 0 aromatic carbocycles. The van der Waals surface area contributed by atoms with Gasteiger partial charge in [0.2, 0.25) is 5.91 Å². The summed E-state index contributed by atoms with van der Waals surface area (Å²) in [6.07, 6.45) is 4.40. The summed E-state index contributed by atoms with van der Waals surface area (Å²) in [4.78, 5) is 22.4. The number of nitrogens with one attached hydrogen (secondary N) is 2. The average Bonchev–Trinajstić information content (AvgIpc) is 3.25. The van der Waals surface area contributed by atoms with Crippen molar-refractivity contribution in [1.82, 2.24) is 15.3 Å². The molecule has 25 heavy (non-hydrogen) atoms. The zero-order chi connectivity index (χ0) is 17.6. The molecule has 1 aliphatic heterocycles. The Morgan fingerprint density at radius 2 is 2.28 bits per heavy atom. The molecule has 2 aromatic rings. The van der Waals surface area contributed by atoms with Crippen molar-refractivity contribution in [2.24, 2.45) is 0 Å². The van der Waals surface area contributed by atoms with Gasteiger partial charge in [0.25, 0.3) is 0 Å². The van der Waals surface area contributed by atoms with Crippen LogP contribution in [0, 0.1) is 0 Å². The maximum atomic E-state index is 12.3. The first-order chi connectivity index (χ1) is 12.2. The molecule has 136 valence electrons. The Labute approximate surface area is 156 Å². The fraction of sp³-hybridized carbons (Fsp3) is 0.588. The molecule has 0 spiro atoms. The number of piperidine rings is 1. The van der Waals surface area contributed by atoms with E-state index < -0.39 is 0 Å². The van der Waals surface area contributed by atoms with Gasteiger partial charge in [-0.15, -0.1) is 22.7 Å². The van der Waals surface area contributed by atoms with Gasteiger partial charge in [0, 0.05) is 23.1 Å². The summed E-state index contributed by atoms with van der Waals surface area (Å²) < 4.78 is 5.54. The molecule has 0 bridgehead atoms. The van der Waals surface area contributed by atoms with Gasteiger partial charge in [0.15, 0.2) is 5.13 Å². The van der Waals surface area contributed by atoms with Gasteiger partial charge in [-0.05, 0) is 45.7 Å². The zero-order valence-corrected chi connectivity index (χ0v) is 16.2. The second kappa shape index (κ2) is 8.84. The van der Waals surface area contributed by atoms with Crippen LogP contribution < -0.4 is 10.6 Å². The van der Waals surface area contributed by atoms with Crippen molar-refractivity contribution >= 4 is 33.7 Å². The lowest BCUT2D eigenvalue weighted by atomic mass is 9.97. The molecule has 1 fully saturated rings. The van der Waals surface area contributed by atoms with Crippen molar-refractivity contribution in [3.8, 4) is 0 Å². The number of hydrogen-bond acceptors (Lipinski definition) is 7. The first-order valence-corrected chi connectivity index (χ1v) is 10.4. The minimum absolute atomic E-state index is 0.0293. The third-order valence-corrected chi connectivity index (χ3v) is 6.32. The normalized spacial score (nSPS) is 16.7. The highest BCUT2D eigenvalue weighted by atomic mass is 32.1. The van der Waals surface area contributed by atoms with E-state index in [2.05, 4.69) is 20.6 Å². The summed E-state index contributed by atoms with van der Waals surface area (Å²) in [6, 6.07) is 0. The fourth-order valence-corrected chi connectivity index (χ4v) is 4.70. The molecule has 1 aliphatic rings. The Morgan fingerprint density at radius 3 is 3.04 bits per heavy atom. The van der Waals surface area contributed by atoms with Gasteiger partial charge in [-0.25, -0.2) is 9.97 Å². The average molecular weight is 381 g/mol. The minimum Gasteiger partial charge on any atom is -0.372 e. The third kappa shape index (κ3) is 5.07. The number of rotatable bonds is 7. The fourth-order valence-electron chi connectivity index (χ4n) is 2.88. The molecule has 1 unspecified atom stereocenters. The van der Waals surface area contributed by atoms with Crippen LogP contribution >= 0.6 is 22.7 Å². The molecular weight excluding hydrogens is 356 g/mol. The van der Waals surface area contributed by atoms with Gasteiger partial charge in [-0.2, -0.15) is 0 Å². The smallest absolute Gasteiger partial charge is 0.232 e. The van der Waals surface area contributed by atoms with Crippen molar-refractivity contribution in [3.05, 3.63) is 27.2 Å². The summed E-state index contributed by atoms with van der Waals surface area (Å²) in [5.41, 5.74) is 0.777. The molecule has 3 heterocycles. The highest BCUT2D eigenvalue weighted by molar-refractivity contribution is 7.15. The molecule has 0 radical (unpaired) electrons. The Balaban J connectivity index is 1.53. The van der Waals surface area contributed by atoms with Gasteiger partial charge in [-0.1, -0.05) is 0 Å². The molecular formula is C17H24N4O2S2. The predicted octanol–water partition coefficient (Wildman–Crippen LogP) is 3.35. The van der Waals surface area contributed by atoms with Gasteiger partial charge in [-0.3, -0.25) is 4.79 Å². The quantitative estimate of drug-likeness (QED) is 0.770. The highest BCUT2D eigenvalue weighted by Gasteiger charge is 2.19. The van der Waals surface area contributed by atoms with Crippen LogP contribution in [0.2, 0.25) is 0 Å². The molecule has 0 aliphatic carbocycles. The van der Waals surface area contributed by atoms with Crippen LogP contribution in [0.5, 0.6) is 0 Å². The lowest BCUT2D eigenvalue weighted by molar-refractivity contribution is -0.115. The van der Waals surface area contributed by atoms with E-state index in [1.165, 1.54) is 16.2 Å². The van der Waals surface area contributed by atoms with Crippen molar-refractivity contribution in [1.29, 1.82) is 0 Å². The van der Waals surface area contributed by atoms with E-state index >= 15 is 0 Å². The maximum absolute atomic E-state index is 12.3. The highest BCUT2D eigenvalue weighted by Crippen LogP contribution is 2.31. The van der Waals surface area contributed by atoms with Crippen LogP contribution in [-0.2, 0) is 16.0 Å². The topological polar surface area (TPSA) is 76.1 Å². The Morgan fingerprint density at radius 1 is 1.48 bits per heavy atom. The summed E-state index contributed by atoms with van der Waals surface area (Å²) in [7, 11) is 0. The number of nitrogens with zero attached hydrogens (tertiary/aromatic N) is 2. The Bertz CT molecular complexity index is 694. The standard InChI is InChI=1S/C17H24N4O2S2/c1-3-23-11(2)16-20-13(10-24-16)8-15(22)21-17-19-9-14(25-17)12-4-6-18-7-5-12/h9-12,18H,3-8H2,1-2H3,(H,19,21,22). The molecule has 2 N–H and O–H groups in total. The van der Waals surface area contributed by atoms with Crippen molar-refractivity contribution < 1.29 is 9.53 Å². The van der Waals surface area contributed by atoms with E-state index in [4.69, 9.17) is 4.74 Å². The third-order valence-electron chi connectivity index (χ3n) is 4.19. The molecule has 0 saturated carbocycles. The van der Waals surface area contributed by atoms with Gasteiger partial charge < -0.3 is 15.4 Å². The zero-order valence-electron chi connectivity index (χ0n) is 14.6. The van der Waals surface area contributed by atoms with Crippen LogP contribution in [0.1, 0.15) is 54.3 Å². The molecule has 8 heteroatoms. The first-order valence-electron chi connectivity index (χ1n) is 8.68. The summed E-state index contributed by atoms with van der Waals surface area (Å²) in [6.45, 7) is 6.70. The summed E-state index contributed by atoms with van der Waals surface area (Å²) >= 11 is 3.12. The lowest BCUT2D eigenvalue weighted by Crippen LogP contribution is -2.26. The largest absolute Gasteiger partial charge is 0.372 e. The SMILES string of the molecule is CCOC(C)c1nc(CC(=O)Nc2ncc(C3CCNCC3)s2)cs1. The Kier molecular flexibility index (Phi) is 6.52. The molecule has 3 rings (SSSR count). The van der Waals surface area contributed by atoms with Crippen LogP contribution in [0.3, 0.4) is 0 Å². The maximum Gasteiger partial charge on any atom is 0.232 e. The molecule has 1 atom stereocenters. The van der Waals surface area contributed by atoms with Crippen LogP contribution in [-0.4, -0.2) is 35.6 Å². The molecule has 1 saturated heterocycles. The number of carbonyl (C=O) groups excluding carboxylic acids is 1. The predicted molar refractivity (Wildman–Crippen MR) is 101 cm³/mol. The number of ether oxygens (including phenoxy) is 1. The monoisotopic (exact) mass is 380 g/mol. The van der Waals surface area contributed by atoms with E-state index in [9.17, 15) is 4.79 Å². The number of aromatic nitrogens is 2.